The second-order valence-electron chi connectivity index (χ2n) is 15.3. The van der Waals surface area contributed by atoms with Crippen molar-refractivity contribution >= 4 is 44.6 Å². The topological polar surface area (TPSA) is 89.6 Å². The molecule has 2 aromatic heterocycles. The fraction of sp³-hybridized carbons (Fsp3) is 0.600. The summed E-state index contributed by atoms with van der Waals surface area (Å²) in [7, 11) is 2.80. The third kappa shape index (κ3) is 28.7. The Kier molecular flexibility index (Phi) is 23.7. The second-order valence-corrected chi connectivity index (χ2v) is 33.9. The second kappa shape index (κ2) is 21.9. The summed E-state index contributed by atoms with van der Waals surface area (Å²) >= 11 is 0. The largest absolute Gasteiger partial charge is 1.00 e. The Morgan fingerprint density at radius 3 is 1.20 bits per heavy atom. The number of hydrogen-bond acceptors (Lipinski definition) is 3. The van der Waals surface area contributed by atoms with Crippen molar-refractivity contribution in [1.29, 1.82) is 0 Å². The van der Waals surface area contributed by atoms with Gasteiger partial charge in [0.25, 0.3) is 0 Å². The number of quaternary nitrogens is 1. The molecule has 0 aliphatic carbocycles. The summed E-state index contributed by atoms with van der Waals surface area (Å²) in [5.74, 6) is 2.05. The average Bonchev–Trinajstić information content (AvgIpc) is 2.80. The van der Waals surface area contributed by atoms with Crippen LogP contribution in [-0.4, -0.2) is 101 Å². The number of rotatable bonds is 9. The standard InChI is InChI=1S/2C12H22N3Si2.C6H16N2.2Li/c2*1-16(2,3)14-12(15-17(4,5)6)11-8-7-9-13-10-11;1-7(2)5-6-8(3)4;;/h2*7-10H,1-6H3;5-6H2,1-4H3;;/q2*-1;;2*+1/p+3. The molecule has 0 spiro atoms. The zero-order chi connectivity index (χ0) is 32.8. The van der Waals surface area contributed by atoms with Crippen molar-refractivity contribution in [3.05, 3.63) is 70.1 Å². The summed E-state index contributed by atoms with van der Waals surface area (Å²) in [4.78, 5) is 21.9. The van der Waals surface area contributed by atoms with E-state index in [0.717, 1.165) is 22.8 Å². The van der Waals surface area contributed by atoms with Gasteiger partial charge in [-0.25, -0.2) is 0 Å². The Hall–Kier alpha value is -0.778. The summed E-state index contributed by atoms with van der Waals surface area (Å²) in [6, 6.07) is 8.06. The van der Waals surface area contributed by atoms with Crippen LogP contribution in [0.3, 0.4) is 0 Å². The molecule has 3 N–H and O–H groups in total. The van der Waals surface area contributed by atoms with Crippen LogP contribution >= 0.6 is 0 Å². The monoisotopic (exact) mass is 661 g/mol. The van der Waals surface area contributed by atoms with Crippen LogP contribution in [0.2, 0.25) is 78.6 Å². The van der Waals surface area contributed by atoms with Crippen LogP contribution in [0.1, 0.15) is 11.1 Å². The van der Waals surface area contributed by atoms with E-state index in [-0.39, 0.29) is 37.7 Å². The summed E-state index contributed by atoms with van der Waals surface area (Å²) < 4.78 is 7.23. The van der Waals surface area contributed by atoms with Gasteiger partial charge in [0.1, 0.15) is 28.1 Å². The van der Waals surface area contributed by atoms with E-state index in [4.69, 9.17) is 9.96 Å². The Morgan fingerprint density at radius 1 is 0.682 bits per heavy atom. The van der Waals surface area contributed by atoms with Crippen LogP contribution < -0.4 is 51.9 Å². The van der Waals surface area contributed by atoms with Gasteiger partial charge in [0, 0.05) is 42.5 Å². The van der Waals surface area contributed by atoms with Crippen LogP contribution in [0, 0.1) is 0 Å². The number of aromatic nitrogens is 2. The Morgan fingerprint density at radius 2 is 1.02 bits per heavy atom. The number of amidine groups is 2. The molecular weight excluding hydrogens is 599 g/mol. The molecule has 0 fully saturated rings. The van der Waals surface area contributed by atoms with E-state index in [0.29, 0.717) is 0 Å². The minimum Gasteiger partial charge on any atom is -0.396 e. The van der Waals surface area contributed by atoms with Gasteiger partial charge in [0.05, 0.1) is 20.6 Å². The summed E-state index contributed by atoms with van der Waals surface area (Å²) in [6.07, 6.45) is 7.35. The van der Waals surface area contributed by atoms with Gasteiger partial charge in [-0.1, -0.05) is 39.3 Å². The molecule has 2 aromatic rings. The van der Waals surface area contributed by atoms with E-state index < -0.39 is 32.9 Å². The molecule has 8 nitrogen and oxygen atoms in total. The van der Waals surface area contributed by atoms with Crippen molar-refractivity contribution in [2.75, 3.05) is 41.3 Å². The Labute approximate surface area is 299 Å². The van der Waals surface area contributed by atoms with Gasteiger partial charge in [0.15, 0.2) is 16.5 Å². The molecule has 0 radical (unpaired) electrons. The molecule has 0 bridgehead atoms. The van der Waals surface area contributed by atoms with Crippen molar-refractivity contribution < 1.29 is 51.9 Å². The molecule has 0 amide bonds. The molecule has 14 heteroatoms. The van der Waals surface area contributed by atoms with Gasteiger partial charge in [-0.3, -0.25) is 9.97 Å². The fourth-order valence-corrected chi connectivity index (χ4v) is 6.92. The Bertz CT molecular complexity index is 989. The minimum atomic E-state index is -1.48. The molecule has 238 valence electrons. The first-order valence-electron chi connectivity index (χ1n) is 15.0. The maximum atomic E-state index is 4.90. The van der Waals surface area contributed by atoms with Crippen molar-refractivity contribution in [1.82, 2.24) is 14.9 Å². The van der Waals surface area contributed by atoms with Gasteiger partial charge in [0.2, 0.25) is 0 Å². The SMILES string of the molecule is CN(C)CC[NH+](C)C.C[Si](C)(C)[N-]/C(=[NH+]/[Si](C)(C)C)c1cccnc1.C[Si](C)(C)[N-]/C(=[NH+]/[Si](C)(C)C)c1cccnc1.[Li+].[Li+]. The van der Waals surface area contributed by atoms with Crippen LogP contribution in [0.25, 0.3) is 9.96 Å². The van der Waals surface area contributed by atoms with Crippen LogP contribution in [-0.2, 0) is 0 Å². The third-order valence-corrected chi connectivity index (χ3v) is 8.57. The van der Waals surface area contributed by atoms with Crippen molar-refractivity contribution in [3.63, 3.8) is 0 Å². The third-order valence-electron chi connectivity index (χ3n) is 4.81. The molecule has 2 rings (SSSR count). The zero-order valence-electron chi connectivity index (χ0n) is 31.8. The van der Waals surface area contributed by atoms with Gasteiger partial charge in [-0.2, -0.15) is 0 Å². The Balaban J connectivity index is -0.000000596. The van der Waals surface area contributed by atoms with Crippen LogP contribution in [0.4, 0.5) is 0 Å². The number of nitrogens with zero attached hydrogens (tertiary/aromatic N) is 5. The first-order valence-corrected chi connectivity index (χ1v) is 28.9. The molecule has 2 heterocycles. The molecule has 0 saturated heterocycles. The fourth-order valence-electron chi connectivity index (χ4n) is 3.16. The number of likely N-dealkylation sites (N-methyl/N-ethyl adjacent to an activating group) is 2. The van der Waals surface area contributed by atoms with E-state index >= 15 is 0 Å². The van der Waals surface area contributed by atoms with Gasteiger partial charge < -0.3 is 29.1 Å². The maximum Gasteiger partial charge on any atom is 1.00 e. The van der Waals surface area contributed by atoms with E-state index in [1.807, 2.05) is 24.5 Å². The smallest absolute Gasteiger partial charge is 0.396 e. The summed E-state index contributed by atoms with van der Waals surface area (Å²) in [6.45, 7) is 29.6. The first kappa shape index (κ1) is 47.6. The molecule has 0 unspecified atom stereocenters. The van der Waals surface area contributed by atoms with Crippen molar-refractivity contribution in [2.45, 2.75) is 78.6 Å². The number of pyridine rings is 2. The summed E-state index contributed by atoms with van der Waals surface area (Å²) in [5.41, 5.74) is 2.19. The van der Waals surface area contributed by atoms with E-state index in [1.54, 1.807) is 12.4 Å². The molecule has 0 aliphatic heterocycles. The predicted molar refractivity (Wildman–Crippen MR) is 195 cm³/mol. The summed E-state index contributed by atoms with van der Waals surface area (Å²) in [5, 5.41) is 0. The molecule has 44 heavy (non-hydrogen) atoms. The number of hydrogen-bond donors (Lipinski definition) is 3. The van der Waals surface area contributed by atoms with E-state index in [2.05, 4.69) is 143 Å². The van der Waals surface area contributed by atoms with Crippen molar-refractivity contribution in [3.8, 4) is 0 Å². The van der Waals surface area contributed by atoms with Gasteiger partial charge in [-0.05, 0) is 77.6 Å². The van der Waals surface area contributed by atoms with Crippen molar-refractivity contribution in [2.24, 2.45) is 0 Å². The zero-order valence-corrected chi connectivity index (χ0v) is 35.8. The normalized spacial score (nSPS) is 12.6. The van der Waals surface area contributed by atoms with E-state index in [1.165, 1.54) is 18.0 Å². The van der Waals surface area contributed by atoms with Crippen LogP contribution in [0.15, 0.2) is 49.1 Å². The number of nitrogens with one attached hydrogen (secondary N) is 3. The molecule has 0 atom stereocenters. The first-order chi connectivity index (χ1) is 19.0. The molecule has 0 aromatic carbocycles. The quantitative estimate of drug-likeness (QED) is 0.149. The van der Waals surface area contributed by atoms with Crippen LogP contribution in [0.5, 0.6) is 0 Å². The van der Waals surface area contributed by atoms with E-state index in [9.17, 15) is 0 Å². The van der Waals surface area contributed by atoms with Gasteiger partial charge in [-0.15, -0.1) is 0 Å². The minimum absolute atomic E-state index is 0. The maximum absolute atomic E-state index is 4.90. The molecular formula is C30H63Li2N8Si4+3. The average molecular weight is 662 g/mol. The molecule has 0 saturated carbocycles. The van der Waals surface area contributed by atoms with Gasteiger partial charge >= 0.3 is 37.7 Å². The molecule has 0 aliphatic rings. The predicted octanol–water partition coefficient (Wildman–Crippen LogP) is -3.39.